The molecule has 7 rings (SSSR count). The number of benzene rings is 4. The monoisotopic (exact) mass is 514 g/mol. The van der Waals surface area contributed by atoms with Gasteiger partial charge in [0.2, 0.25) is 0 Å². The number of rotatable bonds is 4. The molecule has 6 aromatic rings. The van der Waals surface area contributed by atoms with Gasteiger partial charge in [-0.2, -0.15) is 0 Å². The van der Waals surface area contributed by atoms with E-state index in [-0.39, 0.29) is 0 Å². The first-order valence-corrected chi connectivity index (χ1v) is 14.0. The van der Waals surface area contributed by atoms with Crippen LogP contribution in [-0.2, 0) is 12.8 Å². The minimum absolute atomic E-state index is 0.930. The maximum absolute atomic E-state index is 5.24. The summed E-state index contributed by atoms with van der Waals surface area (Å²) >= 11 is 0. The van der Waals surface area contributed by atoms with Gasteiger partial charge in [-0.05, 0) is 72.2 Å². The zero-order valence-electron chi connectivity index (χ0n) is 22.9. The first kappa shape index (κ1) is 24.2. The normalized spacial score (nSPS) is 12.8. The van der Waals surface area contributed by atoms with Crippen molar-refractivity contribution in [1.29, 1.82) is 0 Å². The van der Waals surface area contributed by atoms with Crippen molar-refractivity contribution in [2.24, 2.45) is 0 Å². The summed E-state index contributed by atoms with van der Waals surface area (Å²) in [6.45, 7) is 4.25. The molecule has 2 heteroatoms. The molecule has 1 aliphatic rings. The van der Waals surface area contributed by atoms with E-state index < -0.39 is 0 Å². The average molecular weight is 515 g/mol. The van der Waals surface area contributed by atoms with E-state index in [1.54, 1.807) is 0 Å². The fourth-order valence-corrected chi connectivity index (χ4v) is 5.80. The van der Waals surface area contributed by atoms with Crippen LogP contribution in [0, 0.1) is 13.8 Å². The fourth-order valence-electron chi connectivity index (χ4n) is 5.80. The quantitative estimate of drug-likeness (QED) is 0.234. The molecule has 2 nitrogen and oxygen atoms in total. The van der Waals surface area contributed by atoms with Crippen molar-refractivity contribution in [3.8, 4) is 11.4 Å². The molecule has 2 heterocycles. The molecule has 0 bridgehead atoms. The highest BCUT2D eigenvalue weighted by Gasteiger charge is 2.25. The number of fused-ring (bicyclic) bond motifs is 5. The molecule has 4 aromatic carbocycles. The van der Waals surface area contributed by atoms with Crippen LogP contribution in [0.5, 0.6) is 0 Å². The Morgan fingerprint density at radius 1 is 0.475 bits per heavy atom. The SMILES string of the molecule is Cc1ccc(/C=C/c2c3c(nc4ccccc24)-c2nc4ccccc4c(/C=C/c4ccc(C)cc4)c2CC3)cc1. The molecule has 0 radical (unpaired) electrons. The minimum atomic E-state index is 0.930. The third-order valence-corrected chi connectivity index (χ3v) is 7.96. The van der Waals surface area contributed by atoms with Crippen LogP contribution < -0.4 is 0 Å². The number of para-hydroxylation sites is 2. The number of pyridine rings is 2. The Balaban J connectivity index is 1.43. The van der Waals surface area contributed by atoms with Crippen LogP contribution in [0.4, 0.5) is 0 Å². The molecule has 0 aliphatic heterocycles. The van der Waals surface area contributed by atoms with Gasteiger partial charge in [-0.1, -0.05) is 120 Å². The Morgan fingerprint density at radius 2 is 0.875 bits per heavy atom. The highest BCUT2D eigenvalue weighted by atomic mass is 14.8. The summed E-state index contributed by atoms with van der Waals surface area (Å²) < 4.78 is 0. The van der Waals surface area contributed by atoms with E-state index in [1.807, 2.05) is 0 Å². The van der Waals surface area contributed by atoms with Crippen molar-refractivity contribution in [3.63, 3.8) is 0 Å². The van der Waals surface area contributed by atoms with Crippen molar-refractivity contribution >= 4 is 46.1 Å². The molecule has 0 fully saturated rings. The van der Waals surface area contributed by atoms with Crippen LogP contribution in [0.25, 0.3) is 57.5 Å². The van der Waals surface area contributed by atoms with Gasteiger partial charge >= 0.3 is 0 Å². The van der Waals surface area contributed by atoms with Gasteiger partial charge in [0, 0.05) is 10.8 Å². The molecular weight excluding hydrogens is 484 g/mol. The molecule has 1 aliphatic carbocycles. The van der Waals surface area contributed by atoms with Crippen molar-refractivity contribution in [2.45, 2.75) is 26.7 Å². The average Bonchev–Trinajstić information content (AvgIpc) is 2.99. The molecule has 0 amide bonds. The molecule has 0 unspecified atom stereocenters. The minimum Gasteiger partial charge on any atom is -0.246 e. The first-order chi connectivity index (χ1) is 19.6. The third kappa shape index (κ3) is 4.42. The van der Waals surface area contributed by atoms with Crippen LogP contribution in [-0.4, -0.2) is 9.97 Å². The van der Waals surface area contributed by atoms with Crippen molar-refractivity contribution in [3.05, 3.63) is 142 Å². The molecule has 0 saturated carbocycles. The molecule has 0 N–H and O–H groups in total. The third-order valence-electron chi connectivity index (χ3n) is 7.96. The van der Waals surface area contributed by atoms with E-state index in [0.29, 0.717) is 0 Å². The van der Waals surface area contributed by atoms with Crippen LogP contribution in [0.2, 0.25) is 0 Å². The number of aromatic nitrogens is 2. The molecule has 40 heavy (non-hydrogen) atoms. The smallest absolute Gasteiger partial charge is 0.0935 e. The standard InChI is InChI=1S/C38H30N2/c1-25-11-15-27(16-12-25)19-21-29-31-7-3-5-9-35(31)39-37-33(29)23-24-34-30(22-20-28-17-13-26(2)14-18-28)32-8-4-6-10-36(32)40-38(34)37/h3-22H,23-24H2,1-2H3/b21-19+,22-20+. The second-order valence-electron chi connectivity index (χ2n) is 10.7. The maximum atomic E-state index is 5.24. The van der Waals surface area contributed by atoms with Gasteiger partial charge in [0.15, 0.2) is 0 Å². The molecule has 192 valence electrons. The summed E-state index contributed by atoms with van der Waals surface area (Å²) in [5.74, 6) is 0. The van der Waals surface area contributed by atoms with Gasteiger partial charge in [0.05, 0.1) is 22.4 Å². The van der Waals surface area contributed by atoms with E-state index in [1.165, 1.54) is 55.3 Å². The summed E-state index contributed by atoms with van der Waals surface area (Å²) in [5, 5.41) is 2.38. The topological polar surface area (TPSA) is 25.8 Å². The van der Waals surface area contributed by atoms with Crippen molar-refractivity contribution < 1.29 is 0 Å². The summed E-state index contributed by atoms with van der Waals surface area (Å²) in [4.78, 5) is 10.5. The summed E-state index contributed by atoms with van der Waals surface area (Å²) in [6.07, 6.45) is 10.9. The highest BCUT2D eigenvalue weighted by Crippen LogP contribution is 2.40. The van der Waals surface area contributed by atoms with Gasteiger partial charge in [-0.15, -0.1) is 0 Å². The van der Waals surface area contributed by atoms with Gasteiger partial charge < -0.3 is 0 Å². The lowest BCUT2D eigenvalue weighted by Gasteiger charge is -2.24. The summed E-state index contributed by atoms with van der Waals surface area (Å²) in [6, 6.07) is 34.3. The highest BCUT2D eigenvalue weighted by molar-refractivity contribution is 5.99. The second-order valence-corrected chi connectivity index (χ2v) is 10.7. The van der Waals surface area contributed by atoms with Crippen LogP contribution in [0.3, 0.4) is 0 Å². The predicted molar refractivity (Wildman–Crippen MR) is 170 cm³/mol. The Morgan fingerprint density at radius 3 is 1.30 bits per heavy atom. The fraction of sp³-hybridized carbons (Fsp3) is 0.105. The van der Waals surface area contributed by atoms with Gasteiger partial charge in [-0.25, -0.2) is 9.97 Å². The maximum Gasteiger partial charge on any atom is 0.0935 e. The molecular formula is C38H30N2. The van der Waals surface area contributed by atoms with Gasteiger partial charge in [0.25, 0.3) is 0 Å². The largest absolute Gasteiger partial charge is 0.246 e. The number of aryl methyl sites for hydroxylation is 2. The van der Waals surface area contributed by atoms with Gasteiger partial charge in [-0.3, -0.25) is 0 Å². The number of nitrogens with zero attached hydrogens (tertiary/aromatic N) is 2. The van der Waals surface area contributed by atoms with E-state index in [9.17, 15) is 0 Å². The van der Waals surface area contributed by atoms with Crippen LogP contribution in [0.1, 0.15) is 44.5 Å². The lowest BCUT2D eigenvalue weighted by molar-refractivity contribution is 0.918. The Kier molecular flexibility index (Phi) is 6.09. The van der Waals surface area contributed by atoms with E-state index in [0.717, 1.165) is 35.3 Å². The Hall–Kier alpha value is -4.82. The number of hydrogen-bond acceptors (Lipinski definition) is 2. The zero-order valence-corrected chi connectivity index (χ0v) is 22.9. The van der Waals surface area contributed by atoms with E-state index in [4.69, 9.17) is 9.97 Å². The van der Waals surface area contributed by atoms with Crippen molar-refractivity contribution in [1.82, 2.24) is 9.97 Å². The van der Waals surface area contributed by atoms with Gasteiger partial charge in [0.1, 0.15) is 0 Å². The number of hydrogen-bond donors (Lipinski definition) is 0. The Bertz CT molecular complexity index is 1800. The molecule has 0 atom stereocenters. The first-order valence-electron chi connectivity index (χ1n) is 14.0. The second kappa shape index (κ2) is 10.1. The van der Waals surface area contributed by atoms with E-state index in [2.05, 4.69) is 135 Å². The Labute approximate surface area is 235 Å². The van der Waals surface area contributed by atoms with E-state index >= 15 is 0 Å². The molecule has 2 aromatic heterocycles. The summed E-state index contributed by atoms with van der Waals surface area (Å²) in [5.41, 5.74) is 14.0. The molecule has 0 saturated heterocycles. The predicted octanol–water partition coefficient (Wildman–Crippen LogP) is 9.51. The van der Waals surface area contributed by atoms with Crippen LogP contribution in [0.15, 0.2) is 97.1 Å². The lowest BCUT2D eigenvalue weighted by Crippen LogP contribution is -2.12. The lowest BCUT2D eigenvalue weighted by atomic mass is 9.84. The molecule has 0 spiro atoms. The zero-order chi connectivity index (χ0) is 27.1. The van der Waals surface area contributed by atoms with Crippen LogP contribution >= 0.6 is 0 Å². The van der Waals surface area contributed by atoms with Crippen molar-refractivity contribution in [2.75, 3.05) is 0 Å². The summed E-state index contributed by atoms with van der Waals surface area (Å²) in [7, 11) is 0.